The zero-order valence-corrected chi connectivity index (χ0v) is 7.56. The Kier molecular flexibility index (Phi) is 6.36. The molecule has 3 nitrogen and oxygen atoms in total. The van der Waals surface area contributed by atoms with Crippen LogP contribution in [0.25, 0.3) is 0 Å². The summed E-state index contributed by atoms with van der Waals surface area (Å²) in [4.78, 5) is 10.2. The van der Waals surface area contributed by atoms with Gasteiger partial charge in [-0.1, -0.05) is 0 Å². The molecular formula is C7H15NO2S. The summed E-state index contributed by atoms with van der Waals surface area (Å²) in [6, 6.07) is -0.167. The van der Waals surface area contributed by atoms with Crippen molar-refractivity contribution in [3.8, 4) is 0 Å². The molecular weight excluding hydrogens is 162 g/mol. The van der Waals surface area contributed by atoms with Crippen molar-refractivity contribution in [2.24, 2.45) is 5.73 Å². The Morgan fingerprint density at radius 2 is 2.36 bits per heavy atom. The van der Waals surface area contributed by atoms with Crippen molar-refractivity contribution in [1.29, 1.82) is 0 Å². The number of aliphatic carboxylic acids is 1. The first-order valence-corrected chi connectivity index (χ1v) is 5.02. The van der Waals surface area contributed by atoms with E-state index < -0.39 is 5.97 Å². The van der Waals surface area contributed by atoms with Gasteiger partial charge in [-0.3, -0.25) is 4.79 Å². The van der Waals surface area contributed by atoms with Gasteiger partial charge in [-0.2, -0.15) is 11.8 Å². The van der Waals surface area contributed by atoms with Crippen LogP contribution in [0.1, 0.15) is 19.3 Å². The van der Waals surface area contributed by atoms with Gasteiger partial charge in [0, 0.05) is 6.04 Å². The summed E-state index contributed by atoms with van der Waals surface area (Å²) in [6.07, 6.45) is 3.94. The van der Waals surface area contributed by atoms with Crippen molar-refractivity contribution in [3.05, 3.63) is 0 Å². The Hall–Kier alpha value is -0.220. The minimum atomic E-state index is -0.804. The molecule has 0 aliphatic rings. The van der Waals surface area contributed by atoms with E-state index in [4.69, 9.17) is 10.8 Å². The summed E-state index contributed by atoms with van der Waals surface area (Å²) >= 11 is 1.76. The van der Waals surface area contributed by atoms with Crippen molar-refractivity contribution in [1.82, 2.24) is 0 Å². The van der Waals surface area contributed by atoms with Crippen molar-refractivity contribution in [3.63, 3.8) is 0 Å². The van der Waals surface area contributed by atoms with Crippen LogP contribution < -0.4 is 5.73 Å². The summed E-state index contributed by atoms with van der Waals surface area (Å²) in [7, 11) is 0. The fourth-order valence-corrected chi connectivity index (χ4v) is 1.27. The summed E-state index contributed by atoms with van der Waals surface area (Å²) in [6.45, 7) is 0. The summed E-state index contributed by atoms with van der Waals surface area (Å²) in [5.41, 5.74) is 5.53. The maximum atomic E-state index is 10.2. The van der Waals surface area contributed by atoms with Gasteiger partial charge in [0.1, 0.15) is 0 Å². The Balaban J connectivity index is 3.22. The zero-order valence-electron chi connectivity index (χ0n) is 6.75. The second-order valence-electron chi connectivity index (χ2n) is 2.49. The minimum absolute atomic E-state index is 0.0916. The second-order valence-corrected chi connectivity index (χ2v) is 3.48. The quantitative estimate of drug-likeness (QED) is 0.592. The summed E-state index contributed by atoms with van der Waals surface area (Å²) in [5, 5.41) is 8.36. The Labute approximate surface area is 71.3 Å². The minimum Gasteiger partial charge on any atom is -0.481 e. The summed E-state index contributed by atoms with van der Waals surface area (Å²) < 4.78 is 0. The number of hydrogen-bond donors (Lipinski definition) is 2. The van der Waals surface area contributed by atoms with Crippen molar-refractivity contribution >= 4 is 17.7 Å². The van der Waals surface area contributed by atoms with E-state index in [0.29, 0.717) is 0 Å². The lowest BCUT2D eigenvalue weighted by Crippen LogP contribution is -2.23. The van der Waals surface area contributed by atoms with Crippen LogP contribution in [0.2, 0.25) is 0 Å². The molecule has 0 bridgehead atoms. The van der Waals surface area contributed by atoms with Crippen LogP contribution in [-0.2, 0) is 4.79 Å². The third-order valence-electron chi connectivity index (χ3n) is 1.36. The highest BCUT2D eigenvalue weighted by molar-refractivity contribution is 7.98. The standard InChI is InChI=1S/C7H15NO2S/c1-11-4-2-3-6(8)5-7(9)10/h6H,2-5,8H2,1H3,(H,9,10). The average Bonchev–Trinajstić information content (AvgIpc) is 1.86. The lowest BCUT2D eigenvalue weighted by molar-refractivity contribution is -0.137. The molecule has 11 heavy (non-hydrogen) atoms. The van der Waals surface area contributed by atoms with Crippen LogP contribution in [0.15, 0.2) is 0 Å². The van der Waals surface area contributed by atoms with Gasteiger partial charge in [-0.25, -0.2) is 0 Å². The molecule has 0 heterocycles. The highest BCUT2D eigenvalue weighted by atomic mass is 32.2. The maximum Gasteiger partial charge on any atom is 0.304 e. The van der Waals surface area contributed by atoms with E-state index in [1.165, 1.54) is 0 Å². The molecule has 4 heteroatoms. The number of thioether (sulfide) groups is 1. The first kappa shape index (κ1) is 10.8. The van der Waals surface area contributed by atoms with Gasteiger partial charge in [0.15, 0.2) is 0 Å². The van der Waals surface area contributed by atoms with Gasteiger partial charge in [0.2, 0.25) is 0 Å². The van der Waals surface area contributed by atoms with Gasteiger partial charge in [-0.05, 0) is 24.9 Å². The normalized spacial score (nSPS) is 12.9. The molecule has 0 spiro atoms. The van der Waals surface area contributed by atoms with E-state index in [-0.39, 0.29) is 12.5 Å². The highest BCUT2D eigenvalue weighted by Gasteiger charge is 2.06. The number of nitrogens with two attached hydrogens (primary N) is 1. The highest BCUT2D eigenvalue weighted by Crippen LogP contribution is 2.03. The average molecular weight is 177 g/mol. The van der Waals surface area contributed by atoms with E-state index in [9.17, 15) is 4.79 Å². The smallest absolute Gasteiger partial charge is 0.304 e. The molecule has 0 radical (unpaired) electrons. The van der Waals surface area contributed by atoms with Crippen molar-refractivity contribution in [2.45, 2.75) is 25.3 Å². The van der Waals surface area contributed by atoms with Crippen LogP contribution in [0.4, 0.5) is 0 Å². The molecule has 0 amide bonds. The molecule has 1 unspecified atom stereocenters. The number of hydrogen-bond acceptors (Lipinski definition) is 3. The molecule has 0 aromatic rings. The lowest BCUT2D eigenvalue weighted by Gasteiger charge is -2.06. The van der Waals surface area contributed by atoms with Crippen LogP contribution in [-0.4, -0.2) is 29.1 Å². The number of carbonyl (C=O) groups is 1. The Bertz CT molecular complexity index is 119. The van der Waals surface area contributed by atoms with E-state index >= 15 is 0 Å². The van der Waals surface area contributed by atoms with Gasteiger partial charge in [0.25, 0.3) is 0 Å². The predicted molar refractivity (Wildman–Crippen MR) is 47.8 cm³/mol. The van der Waals surface area contributed by atoms with Crippen LogP contribution in [0, 0.1) is 0 Å². The van der Waals surface area contributed by atoms with Gasteiger partial charge < -0.3 is 10.8 Å². The molecule has 0 saturated heterocycles. The number of rotatable bonds is 6. The Morgan fingerprint density at radius 1 is 1.73 bits per heavy atom. The van der Waals surface area contributed by atoms with E-state index in [2.05, 4.69) is 0 Å². The van der Waals surface area contributed by atoms with Gasteiger partial charge in [-0.15, -0.1) is 0 Å². The molecule has 1 atom stereocenters. The molecule has 0 rings (SSSR count). The van der Waals surface area contributed by atoms with Crippen LogP contribution in [0.5, 0.6) is 0 Å². The molecule has 66 valence electrons. The van der Waals surface area contributed by atoms with Crippen molar-refractivity contribution in [2.75, 3.05) is 12.0 Å². The van der Waals surface area contributed by atoms with E-state index in [0.717, 1.165) is 18.6 Å². The zero-order chi connectivity index (χ0) is 8.69. The van der Waals surface area contributed by atoms with Crippen LogP contribution >= 0.6 is 11.8 Å². The lowest BCUT2D eigenvalue weighted by atomic mass is 10.1. The number of carboxylic acid groups (broad SMARTS) is 1. The molecule has 0 aromatic carbocycles. The summed E-state index contributed by atoms with van der Waals surface area (Å²) in [5.74, 6) is 0.259. The monoisotopic (exact) mass is 177 g/mol. The Morgan fingerprint density at radius 3 is 2.82 bits per heavy atom. The topological polar surface area (TPSA) is 63.3 Å². The van der Waals surface area contributed by atoms with Crippen LogP contribution in [0.3, 0.4) is 0 Å². The second kappa shape index (κ2) is 6.49. The van der Waals surface area contributed by atoms with E-state index in [1.54, 1.807) is 11.8 Å². The van der Waals surface area contributed by atoms with E-state index in [1.807, 2.05) is 6.26 Å². The predicted octanol–water partition coefficient (Wildman–Crippen LogP) is 0.932. The molecule has 0 aliphatic carbocycles. The van der Waals surface area contributed by atoms with Crippen molar-refractivity contribution < 1.29 is 9.90 Å². The molecule has 3 N–H and O–H groups in total. The SMILES string of the molecule is CSCCCC(N)CC(=O)O. The first-order chi connectivity index (χ1) is 5.16. The third-order valence-corrected chi connectivity index (χ3v) is 2.06. The fraction of sp³-hybridized carbons (Fsp3) is 0.857. The largest absolute Gasteiger partial charge is 0.481 e. The van der Waals surface area contributed by atoms with Gasteiger partial charge >= 0.3 is 5.97 Å². The number of carboxylic acids is 1. The maximum absolute atomic E-state index is 10.2. The molecule has 0 aliphatic heterocycles. The molecule has 0 fully saturated rings. The fourth-order valence-electron chi connectivity index (χ4n) is 0.816. The first-order valence-electron chi connectivity index (χ1n) is 3.63. The third kappa shape index (κ3) is 7.68. The molecule has 0 saturated carbocycles. The molecule has 0 aromatic heterocycles. The van der Waals surface area contributed by atoms with Gasteiger partial charge in [0.05, 0.1) is 6.42 Å².